The van der Waals surface area contributed by atoms with Crippen LogP contribution in [-0.4, -0.2) is 19.7 Å². The number of hydrogen-bond donors (Lipinski definition) is 2. The third-order valence-electron chi connectivity index (χ3n) is 1.59. The van der Waals surface area contributed by atoms with E-state index in [1.165, 1.54) is 18.2 Å². The largest absolute Gasteiger partial charge is 0.324 e. The van der Waals surface area contributed by atoms with Gasteiger partial charge >= 0.3 is 0 Å². The number of carbonyl (C=O) groups excluding carboxylic acids is 1. The first-order valence-corrected chi connectivity index (χ1v) is 6.59. The molecule has 0 aliphatic heterocycles. The van der Waals surface area contributed by atoms with Crippen LogP contribution in [0.4, 0.5) is 5.69 Å². The number of benzene rings is 1. The third-order valence-corrected chi connectivity index (χ3v) is 3.07. The van der Waals surface area contributed by atoms with E-state index in [9.17, 15) is 13.2 Å². The van der Waals surface area contributed by atoms with E-state index in [-0.39, 0.29) is 21.8 Å². The minimum absolute atomic E-state index is 0.0892. The molecule has 5 nitrogen and oxygen atoms in total. The van der Waals surface area contributed by atoms with Gasteiger partial charge in [0.2, 0.25) is 15.9 Å². The lowest BCUT2D eigenvalue weighted by Gasteiger charge is -2.07. The number of anilines is 1. The van der Waals surface area contributed by atoms with Crippen molar-refractivity contribution in [3.8, 4) is 0 Å². The minimum atomic E-state index is -3.82. The predicted molar refractivity (Wildman–Crippen MR) is 60.2 cm³/mol. The number of sulfonamides is 1. The van der Waals surface area contributed by atoms with Gasteiger partial charge in [0.1, 0.15) is 4.90 Å². The van der Waals surface area contributed by atoms with Crippen LogP contribution in [0, 0.1) is 0 Å². The van der Waals surface area contributed by atoms with Crippen molar-refractivity contribution in [2.24, 2.45) is 5.14 Å². The molecule has 3 N–H and O–H groups in total. The second-order valence-corrected chi connectivity index (χ2v) is 4.81. The van der Waals surface area contributed by atoms with E-state index in [0.717, 1.165) is 0 Å². The number of alkyl halides is 1. The van der Waals surface area contributed by atoms with Crippen molar-refractivity contribution in [1.82, 2.24) is 0 Å². The lowest BCUT2D eigenvalue weighted by molar-refractivity contribution is -0.113. The van der Waals surface area contributed by atoms with Gasteiger partial charge in [-0.25, -0.2) is 13.6 Å². The summed E-state index contributed by atoms with van der Waals surface area (Å²) in [6.45, 7) is 0. The molecular formula is C8H9BrN2O3S. The van der Waals surface area contributed by atoms with Crippen LogP contribution in [0.1, 0.15) is 0 Å². The minimum Gasteiger partial charge on any atom is -0.324 e. The molecular weight excluding hydrogens is 284 g/mol. The summed E-state index contributed by atoms with van der Waals surface area (Å²) in [7, 11) is -3.82. The molecule has 82 valence electrons. The fourth-order valence-electron chi connectivity index (χ4n) is 1.00. The predicted octanol–water partition coefficient (Wildman–Crippen LogP) is 0.667. The Hall–Kier alpha value is -0.920. The summed E-state index contributed by atoms with van der Waals surface area (Å²) in [6.07, 6.45) is 0. The van der Waals surface area contributed by atoms with Crippen molar-refractivity contribution in [1.29, 1.82) is 0 Å². The fraction of sp³-hybridized carbons (Fsp3) is 0.125. The normalized spacial score (nSPS) is 11.1. The number of amides is 1. The summed E-state index contributed by atoms with van der Waals surface area (Å²) in [4.78, 5) is 11.0. The van der Waals surface area contributed by atoms with Gasteiger partial charge in [0.05, 0.1) is 11.0 Å². The molecule has 0 spiro atoms. The molecule has 1 amide bonds. The van der Waals surface area contributed by atoms with Gasteiger partial charge in [-0.1, -0.05) is 28.1 Å². The van der Waals surface area contributed by atoms with Crippen LogP contribution in [0.5, 0.6) is 0 Å². The molecule has 7 heteroatoms. The average molecular weight is 293 g/mol. The van der Waals surface area contributed by atoms with Gasteiger partial charge in [0, 0.05) is 0 Å². The maximum atomic E-state index is 11.1. The lowest BCUT2D eigenvalue weighted by Crippen LogP contribution is -2.18. The van der Waals surface area contributed by atoms with Gasteiger partial charge < -0.3 is 5.32 Å². The first-order chi connectivity index (χ1) is 6.95. The third kappa shape index (κ3) is 3.29. The highest BCUT2D eigenvalue weighted by Gasteiger charge is 2.14. The molecule has 0 saturated heterocycles. The Bertz CT molecular complexity index is 473. The number of hydrogen-bond acceptors (Lipinski definition) is 3. The van der Waals surface area contributed by atoms with Crippen molar-refractivity contribution >= 4 is 37.5 Å². The Morgan fingerprint density at radius 1 is 1.40 bits per heavy atom. The van der Waals surface area contributed by atoms with Crippen LogP contribution in [0.3, 0.4) is 0 Å². The molecule has 0 aliphatic carbocycles. The molecule has 0 aromatic heterocycles. The standard InChI is InChI=1S/C8H9BrN2O3S/c9-5-8(12)11-6-3-1-2-4-7(6)15(10,13)14/h1-4H,5H2,(H,11,12)(H2,10,13,14). The fourth-order valence-corrected chi connectivity index (χ4v) is 1.84. The molecule has 0 radical (unpaired) electrons. The van der Waals surface area contributed by atoms with Crippen LogP contribution in [0.25, 0.3) is 0 Å². The quantitative estimate of drug-likeness (QED) is 0.803. The van der Waals surface area contributed by atoms with Gasteiger partial charge in [-0.05, 0) is 12.1 Å². The second-order valence-electron chi connectivity index (χ2n) is 2.72. The number of rotatable bonds is 3. The van der Waals surface area contributed by atoms with Gasteiger partial charge in [-0.3, -0.25) is 4.79 Å². The summed E-state index contributed by atoms with van der Waals surface area (Å²) in [6, 6.07) is 5.95. The Balaban J connectivity index is 3.13. The van der Waals surface area contributed by atoms with Crippen LogP contribution in [0.15, 0.2) is 29.2 Å². The number of nitrogens with two attached hydrogens (primary N) is 1. The zero-order valence-corrected chi connectivity index (χ0v) is 10.0. The number of primary sulfonamides is 1. The highest BCUT2D eigenvalue weighted by Crippen LogP contribution is 2.19. The monoisotopic (exact) mass is 292 g/mol. The maximum Gasteiger partial charge on any atom is 0.240 e. The summed E-state index contributed by atoms with van der Waals surface area (Å²) in [5.74, 6) is -0.342. The lowest BCUT2D eigenvalue weighted by atomic mass is 10.3. The van der Waals surface area contributed by atoms with Crippen LogP contribution in [0.2, 0.25) is 0 Å². The number of halogens is 1. The molecule has 0 unspecified atom stereocenters. The van der Waals surface area contributed by atoms with Gasteiger partial charge in [-0.2, -0.15) is 0 Å². The Labute approximate surface area is 95.8 Å². The van der Waals surface area contributed by atoms with Crippen molar-refractivity contribution in [3.63, 3.8) is 0 Å². The van der Waals surface area contributed by atoms with Crippen LogP contribution in [-0.2, 0) is 14.8 Å². The van der Waals surface area contributed by atoms with Gasteiger partial charge in [0.15, 0.2) is 0 Å². The summed E-state index contributed by atoms with van der Waals surface area (Å²) >= 11 is 2.95. The molecule has 0 saturated carbocycles. The summed E-state index contributed by atoms with van der Waals surface area (Å²) in [5.41, 5.74) is 0.185. The van der Waals surface area contributed by atoms with Crippen molar-refractivity contribution in [2.45, 2.75) is 4.90 Å². The zero-order chi connectivity index (χ0) is 11.5. The first kappa shape index (κ1) is 12.2. The molecule has 1 aromatic rings. The molecule has 0 fully saturated rings. The number of carbonyl (C=O) groups is 1. The number of nitrogens with one attached hydrogen (secondary N) is 1. The van der Waals surface area contributed by atoms with Crippen molar-refractivity contribution in [2.75, 3.05) is 10.6 Å². The number of para-hydroxylation sites is 1. The molecule has 1 rings (SSSR count). The van der Waals surface area contributed by atoms with E-state index in [0.29, 0.717) is 0 Å². The molecule has 1 aromatic carbocycles. The summed E-state index contributed by atoms with van der Waals surface area (Å²) in [5, 5.41) is 7.49. The zero-order valence-electron chi connectivity index (χ0n) is 7.60. The van der Waals surface area contributed by atoms with E-state index in [2.05, 4.69) is 21.2 Å². The topological polar surface area (TPSA) is 89.3 Å². The van der Waals surface area contributed by atoms with E-state index < -0.39 is 10.0 Å². The van der Waals surface area contributed by atoms with E-state index in [1.54, 1.807) is 6.07 Å². The van der Waals surface area contributed by atoms with Gasteiger partial charge in [-0.15, -0.1) is 0 Å². The Kier molecular flexibility index (Phi) is 3.83. The maximum absolute atomic E-state index is 11.1. The van der Waals surface area contributed by atoms with Crippen LogP contribution >= 0.6 is 15.9 Å². The molecule has 0 bridgehead atoms. The first-order valence-electron chi connectivity index (χ1n) is 3.93. The van der Waals surface area contributed by atoms with Crippen molar-refractivity contribution in [3.05, 3.63) is 24.3 Å². The molecule has 0 atom stereocenters. The van der Waals surface area contributed by atoms with E-state index in [4.69, 9.17) is 5.14 Å². The van der Waals surface area contributed by atoms with Crippen molar-refractivity contribution < 1.29 is 13.2 Å². The van der Waals surface area contributed by atoms with Gasteiger partial charge in [0.25, 0.3) is 0 Å². The second kappa shape index (κ2) is 4.73. The average Bonchev–Trinajstić information content (AvgIpc) is 2.17. The Morgan fingerprint density at radius 2 is 2.00 bits per heavy atom. The molecule has 15 heavy (non-hydrogen) atoms. The van der Waals surface area contributed by atoms with E-state index in [1.807, 2.05) is 0 Å². The molecule has 0 heterocycles. The highest BCUT2D eigenvalue weighted by atomic mass is 79.9. The van der Waals surface area contributed by atoms with E-state index >= 15 is 0 Å². The van der Waals surface area contributed by atoms with Crippen LogP contribution < -0.4 is 10.5 Å². The SMILES string of the molecule is NS(=O)(=O)c1ccccc1NC(=O)CBr. The Morgan fingerprint density at radius 3 is 2.53 bits per heavy atom. The molecule has 0 aliphatic rings. The smallest absolute Gasteiger partial charge is 0.240 e. The summed E-state index contributed by atoms with van der Waals surface area (Å²) < 4.78 is 22.3. The highest BCUT2D eigenvalue weighted by molar-refractivity contribution is 9.09.